The second-order valence-corrected chi connectivity index (χ2v) is 7.19. The summed E-state index contributed by atoms with van der Waals surface area (Å²) in [4.78, 5) is 6.01. The number of methoxy groups -OCH3 is 2. The van der Waals surface area contributed by atoms with Gasteiger partial charge in [-0.05, 0) is 31.5 Å². The summed E-state index contributed by atoms with van der Waals surface area (Å²) in [6.45, 7) is 4.98. The van der Waals surface area contributed by atoms with Crippen LogP contribution in [0.5, 0.6) is 11.5 Å². The molecule has 5 heteroatoms. The van der Waals surface area contributed by atoms with Crippen LogP contribution in [0.15, 0.2) is 48.5 Å². The third-order valence-electron chi connectivity index (χ3n) is 4.27. The number of hydrogen-bond donors (Lipinski definition) is 1. The second-order valence-electron chi connectivity index (χ2n) is 6.16. The zero-order valence-corrected chi connectivity index (χ0v) is 16.4. The molecule has 0 aliphatic heterocycles. The standard InChI is InChI=1S/C21H24N2O2S/c1-14(22-13-16-10-18(24-3)12-19(11-16)25-4)20-15(2)23-21(26-20)17-8-6-5-7-9-17/h5-12,14,22H,13H2,1-4H3. The molecule has 0 bridgehead atoms. The molecule has 4 nitrogen and oxygen atoms in total. The van der Waals surface area contributed by atoms with Crippen molar-refractivity contribution in [3.05, 3.63) is 64.7 Å². The highest BCUT2D eigenvalue weighted by atomic mass is 32.1. The predicted molar refractivity (Wildman–Crippen MR) is 107 cm³/mol. The van der Waals surface area contributed by atoms with E-state index in [0.717, 1.165) is 39.9 Å². The summed E-state index contributed by atoms with van der Waals surface area (Å²) in [5.74, 6) is 1.60. The van der Waals surface area contributed by atoms with Gasteiger partial charge in [0.1, 0.15) is 16.5 Å². The lowest BCUT2D eigenvalue weighted by Crippen LogP contribution is -2.18. The fourth-order valence-electron chi connectivity index (χ4n) is 2.85. The summed E-state index contributed by atoms with van der Waals surface area (Å²) in [5, 5.41) is 4.65. The number of ether oxygens (including phenoxy) is 2. The molecule has 1 unspecified atom stereocenters. The Kier molecular flexibility index (Phi) is 5.91. The average Bonchev–Trinajstić information content (AvgIpc) is 3.08. The van der Waals surface area contributed by atoms with Crippen LogP contribution in [0.4, 0.5) is 0 Å². The molecule has 0 saturated carbocycles. The highest BCUT2D eigenvalue weighted by molar-refractivity contribution is 7.15. The molecule has 1 heterocycles. The molecule has 0 fully saturated rings. The molecule has 0 radical (unpaired) electrons. The van der Waals surface area contributed by atoms with Crippen LogP contribution in [-0.2, 0) is 6.54 Å². The fourth-order valence-corrected chi connectivity index (χ4v) is 3.94. The van der Waals surface area contributed by atoms with Gasteiger partial charge in [-0.3, -0.25) is 0 Å². The first-order valence-corrected chi connectivity index (χ1v) is 9.40. The maximum Gasteiger partial charge on any atom is 0.123 e. The molecule has 1 atom stereocenters. The van der Waals surface area contributed by atoms with Gasteiger partial charge >= 0.3 is 0 Å². The van der Waals surface area contributed by atoms with E-state index in [2.05, 4.69) is 31.3 Å². The van der Waals surface area contributed by atoms with E-state index in [0.29, 0.717) is 0 Å². The first kappa shape index (κ1) is 18.4. The first-order chi connectivity index (χ1) is 12.6. The van der Waals surface area contributed by atoms with E-state index >= 15 is 0 Å². The van der Waals surface area contributed by atoms with Crippen LogP contribution in [0.2, 0.25) is 0 Å². The summed E-state index contributed by atoms with van der Waals surface area (Å²) >= 11 is 1.75. The van der Waals surface area contributed by atoms with E-state index in [1.165, 1.54) is 4.88 Å². The lowest BCUT2D eigenvalue weighted by molar-refractivity contribution is 0.393. The summed E-state index contributed by atoms with van der Waals surface area (Å²) in [6, 6.07) is 16.5. The normalized spacial score (nSPS) is 12.0. The Labute approximate surface area is 158 Å². The Morgan fingerprint density at radius 1 is 1.04 bits per heavy atom. The van der Waals surface area contributed by atoms with Crippen LogP contribution < -0.4 is 14.8 Å². The minimum absolute atomic E-state index is 0.210. The number of benzene rings is 2. The number of nitrogens with zero attached hydrogens (tertiary/aromatic N) is 1. The minimum atomic E-state index is 0.210. The van der Waals surface area contributed by atoms with Crippen molar-refractivity contribution in [2.24, 2.45) is 0 Å². The van der Waals surface area contributed by atoms with Crippen LogP contribution >= 0.6 is 11.3 Å². The highest BCUT2D eigenvalue weighted by Gasteiger charge is 2.15. The lowest BCUT2D eigenvalue weighted by Gasteiger charge is -2.14. The molecule has 1 N–H and O–H groups in total. The number of thiazole rings is 1. The van der Waals surface area contributed by atoms with Gasteiger partial charge in [0.25, 0.3) is 0 Å². The number of rotatable bonds is 7. The summed E-state index contributed by atoms with van der Waals surface area (Å²) < 4.78 is 10.7. The summed E-state index contributed by atoms with van der Waals surface area (Å²) in [6.07, 6.45) is 0. The van der Waals surface area contributed by atoms with Gasteiger partial charge < -0.3 is 14.8 Å². The van der Waals surface area contributed by atoms with E-state index in [1.54, 1.807) is 25.6 Å². The number of hydrogen-bond acceptors (Lipinski definition) is 5. The maximum absolute atomic E-state index is 5.34. The van der Waals surface area contributed by atoms with Gasteiger partial charge in [-0.25, -0.2) is 4.98 Å². The van der Waals surface area contributed by atoms with E-state index in [-0.39, 0.29) is 6.04 Å². The van der Waals surface area contributed by atoms with Gasteiger partial charge in [-0.2, -0.15) is 0 Å². The number of aryl methyl sites for hydroxylation is 1. The van der Waals surface area contributed by atoms with E-state index in [9.17, 15) is 0 Å². The quantitative estimate of drug-likeness (QED) is 0.638. The van der Waals surface area contributed by atoms with Crippen molar-refractivity contribution in [3.63, 3.8) is 0 Å². The summed E-state index contributed by atoms with van der Waals surface area (Å²) in [7, 11) is 3.33. The number of aromatic nitrogens is 1. The Morgan fingerprint density at radius 3 is 2.31 bits per heavy atom. The fraction of sp³-hybridized carbons (Fsp3) is 0.286. The first-order valence-electron chi connectivity index (χ1n) is 8.58. The van der Waals surface area contributed by atoms with E-state index in [1.807, 2.05) is 36.4 Å². The molecular weight excluding hydrogens is 344 g/mol. The highest BCUT2D eigenvalue weighted by Crippen LogP contribution is 2.32. The minimum Gasteiger partial charge on any atom is -0.497 e. The van der Waals surface area contributed by atoms with Crippen molar-refractivity contribution < 1.29 is 9.47 Å². The van der Waals surface area contributed by atoms with Gasteiger partial charge in [-0.1, -0.05) is 30.3 Å². The predicted octanol–water partition coefficient (Wildman–Crippen LogP) is 4.99. The smallest absolute Gasteiger partial charge is 0.123 e. The second kappa shape index (κ2) is 8.34. The van der Waals surface area contributed by atoms with Crippen molar-refractivity contribution in [2.75, 3.05) is 14.2 Å². The molecule has 0 aliphatic carbocycles. The van der Waals surface area contributed by atoms with Gasteiger partial charge in [0.15, 0.2) is 0 Å². The Morgan fingerprint density at radius 2 is 1.69 bits per heavy atom. The summed E-state index contributed by atoms with van der Waals surface area (Å²) in [5.41, 5.74) is 3.37. The Hall–Kier alpha value is -2.37. The molecule has 0 saturated heterocycles. The molecule has 3 aromatic rings. The van der Waals surface area contributed by atoms with E-state index in [4.69, 9.17) is 14.5 Å². The molecular formula is C21H24N2O2S. The van der Waals surface area contributed by atoms with Crippen LogP contribution in [-0.4, -0.2) is 19.2 Å². The van der Waals surface area contributed by atoms with Gasteiger partial charge in [0.05, 0.1) is 19.9 Å². The zero-order valence-electron chi connectivity index (χ0n) is 15.6. The van der Waals surface area contributed by atoms with Crippen LogP contribution in [0.3, 0.4) is 0 Å². The molecule has 1 aromatic heterocycles. The third-order valence-corrected chi connectivity index (χ3v) is 5.66. The Balaban J connectivity index is 1.73. The topological polar surface area (TPSA) is 43.4 Å². The molecule has 2 aromatic carbocycles. The average molecular weight is 369 g/mol. The molecule has 26 heavy (non-hydrogen) atoms. The zero-order chi connectivity index (χ0) is 18.5. The molecule has 0 spiro atoms. The van der Waals surface area contributed by atoms with Gasteiger partial charge in [0.2, 0.25) is 0 Å². The van der Waals surface area contributed by atoms with Crippen molar-refractivity contribution in [2.45, 2.75) is 26.4 Å². The van der Waals surface area contributed by atoms with Gasteiger partial charge in [0, 0.05) is 29.1 Å². The Bertz CT molecular complexity index is 839. The van der Waals surface area contributed by atoms with Crippen LogP contribution in [0.1, 0.15) is 29.1 Å². The molecule has 0 amide bonds. The van der Waals surface area contributed by atoms with Crippen molar-refractivity contribution >= 4 is 11.3 Å². The maximum atomic E-state index is 5.34. The molecule has 0 aliphatic rings. The number of nitrogens with one attached hydrogen (secondary N) is 1. The van der Waals surface area contributed by atoms with Crippen LogP contribution in [0.25, 0.3) is 10.6 Å². The SMILES string of the molecule is COc1cc(CNC(C)c2sc(-c3ccccc3)nc2C)cc(OC)c1. The van der Waals surface area contributed by atoms with E-state index < -0.39 is 0 Å². The van der Waals surface area contributed by atoms with Crippen LogP contribution in [0, 0.1) is 6.92 Å². The molecule has 136 valence electrons. The third kappa shape index (κ3) is 4.23. The largest absolute Gasteiger partial charge is 0.497 e. The molecule has 3 rings (SSSR count). The lowest BCUT2D eigenvalue weighted by atomic mass is 10.1. The van der Waals surface area contributed by atoms with Crippen molar-refractivity contribution in [1.29, 1.82) is 0 Å². The monoisotopic (exact) mass is 368 g/mol. The van der Waals surface area contributed by atoms with Crippen molar-refractivity contribution in [3.8, 4) is 22.1 Å². The van der Waals surface area contributed by atoms with Gasteiger partial charge in [-0.15, -0.1) is 11.3 Å². The van der Waals surface area contributed by atoms with Crippen molar-refractivity contribution in [1.82, 2.24) is 10.3 Å².